The molecule has 0 unspecified atom stereocenters. The van der Waals surface area contributed by atoms with Crippen LogP contribution in [0.15, 0.2) is 47.5 Å². The summed E-state index contributed by atoms with van der Waals surface area (Å²) in [4.78, 5) is 4.41. The van der Waals surface area contributed by atoms with E-state index in [1.165, 1.54) is 0 Å². The molecule has 17 heavy (non-hydrogen) atoms. The topological polar surface area (TPSA) is 41.6 Å². The molecule has 0 aliphatic carbocycles. The van der Waals surface area contributed by atoms with Gasteiger partial charge in [0.2, 0.25) is 0 Å². The number of aliphatic imine (C=N–C) groups is 1. The van der Waals surface area contributed by atoms with Crippen molar-refractivity contribution in [2.45, 2.75) is 0 Å². The number of fused-ring (bicyclic) bond motifs is 2. The zero-order chi connectivity index (χ0) is 11.8. The van der Waals surface area contributed by atoms with Crippen molar-refractivity contribution < 1.29 is 0 Å². The van der Waals surface area contributed by atoms with Crippen molar-refractivity contribution >= 4 is 34.9 Å². The molecular formula is C13H10ClN3. The first kappa shape index (κ1) is 10.3. The van der Waals surface area contributed by atoms with Crippen molar-refractivity contribution in [2.75, 3.05) is 5.01 Å². The molecule has 0 saturated carbocycles. The van der Waals surface area contributed by atoms with Crippen LogP contribution in [0.1, 0.15) is 5.56 Å². The van der Waals surface area contributed by atoms with Gasteiger partial charge in [-0.15, -0.1) is 0 Å². The number of nitrogens with zero attached hydrogens (tertiary/aromatic N) is 2. The van der Waals surface area contributed by atoms with Crippen LogP contribution in [0.3, 0.4) is 0 Å². The zero-order valence-electron chi connectivity index (χ0n) is 8.97. The van der Waals surface area contributed by atoms with Crippen LogP contribution in [0.25, 0.3) is 0 Å². The third-order valence-corrected chi connectivity index (χ3v) is 2.97. The first-order valence-electron chi connectivity index (χ1n) is 5.23. The zero-order valence-corrected chi connectivity index (χ0v) is 9.72. The van der Waals surface area contributed by atoms with Crippen molar-refractivity contribution in [2.24, 2.45) is 10.8 Å². The summed E-state index contributed by atoms with van der Waals surface area (Å²) in [5.41, 5.74) is 3.53. The Morgan fingerprint density at radius 2 is 1.88 bits per heavy atom. The molecule has 84 valence electrons. The third kappa shape index (κ3) is 1.69. The minimum atomic E-state index is 0.653. The SMILES string of the molecule is NN1c2ccccc2C=Nc2cc(Cl)ccc21. The van der Waals surface area contributed by atoms with Gasteiger partial charge >= 0.3 is 0 Å². The highest BCUT2D eigenvalue weighted by atomic mass is 35.5. The fraction of sp³-hybridized carbons (Fsp3) is 0. The fourth-order valence-corrected chi connectivity index (χ4v) is 2.05. The Kier molecular flexibility index (Phi) is 2.35. The quantitative estimate of drug-likeness (QED) is 0.721. The second-order valence-electron chi connectivity index (χ2n) is 3.82. The number of halogens is 1. The number of para-hydroxylation sites is 1. The largest absolute Gasteiger partial charge is 0.277 e. The Hall–Kier alpha value is -1.84. The number of rotatable bonds is 0. The molecule has 0 amide bonds. The number of hydrazine groups is 1. The monoisotopic (exact) mass is 243 g/mol. The summed E-state index contributed by atoms with van der Waals surface area (Å²) in [6.07, 6.45) is 1.80. The van der Waals surface area contributed by atoms with Gasteiger partial charge in [0.1, 0.15) is 0 Å². The van der Waals surface area contributed by atoms with Gasteiger partial charge in [-0.25, -0.2) is 5.84 Å². The molecular weight excluding hydrogens is 234 g/mol. The fourth-order valence-electron chi connectivity index (χ4n) is 1.89. The van der Waals surface area contributed by atoms with Crippen LogP contribution >= 0.6 is 11.6 Å². The van der Waals surface area contributed by atoms with Crippen LogP contribution in [0.5, 0.6) is 0 Å². The molecule has 0 atom stereocenters. The molecule has 3 rings (SSSR count). The van der Waals surface area contributed by atoms with Crippen molar-refractivity contribution in [3.8, 4) is 0 Å². The first-order chi connectivity index (χ1) is 8.25. The number of anilines is 2. The Labute approximate surface area is 104 Å². The summed E-state index contributed by atoms with van der Waals surface area (Å²) < 4.78 is 0. The van der Waals surface area contributed by atoms with E-state index in [1.807, 2.05) is 36.4 Å². The minimum Gasteiger partial charge on any atom is -0.277 e. The molecule has 0 radical (unpaired) electrons. The Morgan fingerprint density at radius 1 is 1.06 bits per heavy atom. The van der Waals surface area contributed by atoms with Gasteiger partial charge in [0.05, 0.1) is 17.1 Å². The van der Waals surface area contributed by atoms with Crippen molar-refractivity contribution in [3.05, 3.63) is 53.1 Å². The predicted octanol–water partition coefficient (Wildman–Crippen LogP) is 3.42. The molecule has 4 heteroatoms. The van der Waals surface area contributed by atoms with Gasteiger partial charge in [0, 0.05) is 16.8 Å². The molecule has 0 spiro atoms. The lowest BCUT2D eigenvalue weighted by atomic mass is 10.2. The first-order valence-corrected chi connectivity index (χ1v) is 5.61. The van der Waals surface area contributed by atoms with E-state index in [0.29, 0.717) is 5.02 Å². The predicted molar refractivity (Wildman–Crippen MR) is 71.5 cm³/mol. The van der Waals surface area contributed by atoms with Gasteiger partial charge in [-0.2, -0.15) is 0 Å². The Balaban J connectivity index is 2.24. The average molecular weight is 244 g/mol. The highest BCUT2D eigenvalue weighted by Gasteiger charge is 2.15. The third-order valence-electron chi connectivity index (χ3n) is 2.74. The number of hydrogen-bond donors (Lipinski definition) is 1. The van der Waals surface area contributed by atoms with Crippen LogP contribution in [-0.4, -0.2) is 6.21 Å². The van der Waals surface area contributed by atoms with E-state index in [4.69, 9.17) is 17.4 Å². The molecule has 1 aliphatic rings. The summed E-state index contributed by atoms with van der Waals surface area (Å²) in [6, 6.07) is 13.3. The molecule has 0 aromatic heterocycles. The lowest BCUT2D eigenvalue weighted by Gasteiger charge is -2.20. The van der Waals surface area contributed by atoms with Crippen LogP contribution < -0.4 is 10.9 Å². The molecule has 2 aromatic carbocycles. The molecule has 1 aliphatic heterocycles. The van der Waals surface area contributed by atoms with E-state index >= 15 is 0 Å². The summed E-state index contributed by atoms with van der Waals surface area (Å²) in [7, 11) is 0. The summed E-state index contributed by atoms with van der Waals surface area (Å²) in [5.74, 6) is 6.12. The van der Waals surface area contributed by atoms with Gasteiger partial charge in [0.25, 0.3) is 0 Å². The summed E-state index contributed by atoms with van der Waals surface area (Å²) in [5, 5.41) is 2.29. The van der Waals surface area contributed by atoms with Crippen LogP contribution in [0.2, 0.25) is 5.02 Å². The van der Waals surface area contributed by atoms with E-state index in [0.717, 1.165) is 22.6 Å². The van der Waals surface area contributed by atoms with Crippen LogP contribution in [0, 0.1) is 0 Å². The normalized spacial score (nSPS) is 12.9. The standard InChI is InChI=1S/C13H10ClN3/c14-10-5-6-13-11(7-10)16-8-9-3-1-2-4-12(9)17(13)15/h1-8H,15H2. The summed E-state index contributed by atoms with van der Waals surface area (Å²) in [6.45, 7) is 0. The average Bonchev–Trinajstić information content (AvgIpc) is 2.48. The molecule has 0 saturated heterocycles. The second kappa shape index (κ2) is 3.87. The van der Waals surface area contributed by atoms with Gasteiger partial charge in [-0.1, -0.05) is 29.8 Å². The van der Waals surface area contributed by atoms with Gasteiger partial charge in [-0.3, -0.25) is 10.0 Å². The maximum atomic E-state index is 6.12. The van der Waals surface area contributed by atoms with Crippen molar-refractivity contribution in [1.82, 2.24) is 0 Å². The van der Waals surface area contributed by atoms with E-state index in [1.54, 1.807) is 17.3 Å². The van der Waals surface area contributed by atoms with Crippen molar-refractivity contribution in [3.63, 3.8) is 0 Å². The molecule has 2 N–H and O–H groups in total. The molecule has 2 aromatic rings. The highest BCUT2D eigenvalue weighted by molar-refractivity contribution is 6.31. The minimum absolute atomic E-state index is 0.653. The van der Waals surface area contributed by atoms with Crippen molar-refractivity contribution in [1.29, 1.82) is 0 Å². The smallest absolute Gasteiger partial charge is 0.0896 e. The lowest BCUT2D eigenvalue weighted by molar-refractivity contribution is 1.09. The number of nitrogens with two attached hydrogens (primary N) is 1. The maximum absolute atomic E-state index is 6.12. The molecule has 0 bridgehead atoms. The van der Waals surface area contributed by atoms with E-state index < -0.39 is 0 Å². The van der Waals surface area contributed by atoms with Gasteiger partial charge in [0.15, 0.2) is 0 Å². The Bertz CT molecular complexity index is 607. The lowest BCUT2D eigenvalue weighted by Crippen LogP contribution is -2.25. The van der Waals surface area contributed by atoms with E-state index in [-0.39, 0.29) is 0 Å². The van der Waals surface area contributed by atoms with Gasteiger partial charge in [-0.05, 0) is 24.3 Å². The van der Waals surface area contributed by atoms with E-state index in [2.05, 4.69) is 4.99 Å². The van der Waals surface area contributed by atoms with Crippen LogP contribution in [-0.2, 0) is 0 Å². The van der Waals surface area contributed by atoms with Crippen LogP contribution in [0.4, 0.5) is 17.1 Å². The highest BCUT2D eigenvalue weighted by Crippen LogP contribution is 2.37. The summed E-state index contributed by atoms with van der Waals surface area (Å²) >= 11 is 5.96. The maximum Gasteiger partial charge on any atom is 0.0896 e. The second-order valence-corrected chi connectivity index (χ2v) is 4.26. The van der Waals surface area contributed by atoms with E-state index in [9.17, 15) is 0 Å². The Morgan fingerprint density at radius 3 is 2.76 bits per heavy atom. The number of benzene rings is 2. The molecule has 3 nitrogen and oxygen atoms in total. The number of hydrogen-bond acceptors (Lipinski definition) is 3. The molecule has 0 fully saturated rings. The van der Waals surface area contributed by atoms with Gasteiger partial charge < -0.3 is 0 Å². The molecule has 1 heterocycles.